The molecule has 2 rings (SSSR count). The van der Waals surface area contributed by atoms with Gasteiger partial charge in [-0.25, -0.2) is 0 Å². The zero-order chi connectivity index (χ0) is 9.26. The van der Waals surface area contributed by atoms with Crippen LogP contribution in [-0.2, 0) is 0 Å². The molecule has 0 bridgehead atoms. The number of aliphatic hydroxyl groups is 1. The fraction of sp³-hybridized carbons (Fsp3) is 0. The molecular weight excluding hydrogens is 168 g/mol. The van der Waals surface area contributed by atoms with E-state index in [2.05, 4.69) is 0 Å². The predicted octanol–water partition coefficient (Wildman–Crippen LogP) is 1.68. The minimum Gasteiger partial charge on any atom is -0.464 e. The topological polar surface area (TPSA) is 50.4 Å². The van der Waals surface area contributed by atoms with Gasteiger partial charge in [0, 0.05) is 0 Å². The maximum atomic E-state index is 11.5. The largest absolute Gasteiger partial charge is 0.464 e. The number of hydrogen-bond donors (Lipinski definition) is 1. The predicted molar refractivity (Wildman–Crippen MR) is 47.8 cm³/mol. The van der Waals surface area contributed by atoms with E-state index in [9.17, 15) is 4.79 Å². The minimum absolute atomic E-state index is 0.165. The lowest BCUT2D eigenvalue weighted by atomic mass is 10.2. The SMILES string of the molecule is O=c1c([CH]O)coc2ccccc12. The Hall–Kier alpha value is -1.61. The summed E-state index contributed by atoms with van der Waals surface area (Å²) < 4.78 is 5.12. The van der Waals surface area contributed by atoms with Gasteiger partial charge >= 0.3 is 0 Å². The Bertz CT molecular complexity index is 485. The number of fused-ring (bicyclic) bond motifs is 1. The number of para-hydroxylation sites is 1. The van der Waals surface area contributed by atoms with Gasteiger partial charge in [-0.15, -0.1) is 0 Å². The third-order valence-electron chi connectivity index (χ3n) is 1.85. The van der Waals surface area contributed by atoms with Crippen molar-refractivity contribution >= 4 is 11.0 Å². The zero-order valence-electron chi connectivity index (χ0n) is 6.73. The minimum atomic E-state index is -0.218. The van der Waals surface area contributed by atoms with Crippen molar-refractivity contribution < 1.29 is 9.52 Å². The van der Waals surface area contributed by atoms with E-state index < -0.39 is 0 Å². The Labute approximate surface area is 74.2 Å². The third kappa shape index (κ3) is 1.23. The first-order valence-corrected chi connectivity index (χ1v) is 3.81. The summed E-state index contributed by atoms with van der Waals surface area (Å²) in [7, 11) is 0. The van der Waals surface area contributed by atoms with Gasteiger partial charge in [-0.1, -0.05) is 12.1 Å². The van der Waals surface area contributed by atoms with E-state index in [1.165, 1.54) is 6.26 Å². The average molecular weight is 175 g/mol. The maximum absolute atomic E-state index is 11.5. The van der Waals surface area contributed by atoms with Gasteiger partial charge in [0.1, 0.15) is 18.5 Å². The molecule has 0 aliphatic rings. The second-order valence-corrected chi connectivity index (χ2v) is 2.65. The van der Waals surface area contributed by atoms with Crippen LogP contribution >= 0.6 is 0 Å². The van der Waals surface area contributed by atoms with Crippen LogP contribution in [0.1, 0.15) is 5.56 Å². The molecule has 0 unspecified atom stereocenters. The van der Waals surface area contributed by atoms with Crippen LogP contribution in [0.25, 0.3) is 11.0 Å². The molecule has 1 radical (unpaired) electrons. The third-order valence-corrected chi connectivity index (χ3v) is 1.85. The van der Waals surface area contributed by atoms with E-state index in [1.54, 1.807) is 24.3 Å². The Kier molecular flexibility index (Phi) is 1.87. The van der Waals surface area contributed by atoms with Crippen LogP contribution in [0.15, 0.2) is 39.7 Å². The van der Waals surface area contributed by atoms with E-state index in [-0.39, 0.29) is 11.0 Å². The van der Waals surface area contributed by atoms with Crippen molar-refractivity contribution in [3.05, 3.63) is 52.9 Å². The Morgan fingerprint density at radius 2 is 2.08 bits per heavy atom. The van der Waals surface area contributed by atoms with Crippen LogP contribution in [0.5, 0.6) is 0 Å². The molecule has 3 heteroatoms. The average Bonchev–Trinajstić information content (AvgIpc) is 2.19. The van der Waals surface area contributed by atoms with Crippen molar-refractivity contribution in [2.24, 2.45) is 0 Å². The monoisotopic (exact) mass is 175 g/mol. The Morgan fingerprint density at radius 3 is 2.85 bits per heavy atom. The second kappa shape index (κ2) is 3.03. The summed E-state index contributed by atoms with van der Waals surface area (Å²) in [5.41, 5.74) is 0.473. The Morgan fingerprint density at radius 1 is 1.31 bits per heavy atom. The van der Waals surface area contributed by atoms with Crippen LogP contribution in [0, 0.1) is 6.61 Å². The summed E-state index contributed by atoms with van der Waals surface area (Å²) in [5, 5.41) is 9.17. The fourth-order valence-corrected chi connectivity index (χ4v) is 1.18. The summed E-state index contributed by atoms with van der Waals surface area (Å²) >= 11 is 0. The van der Waals surface area contributed by atoms with Gasteiger partial charge in [0.05, 0.1) is 10.9 Å². The van der Waals surface area contributed by atoms with Crippen LogP contribution < -0.4 is 5.43 Å². The number of rotatable bonds is 1. The molecule has 1 N–H and O–H groups in total. The highest BCUT2D eigenvalue weighted by molar-refractivity contribution is 5.76. The van der Waals surface area contributed by atoms with Crippen LogP contribution in [0.2, 0.25) is 0 Å². The normalized spacial score (nSPS) is 10.5. The van der Waals surface area contributed by atoms with Crippen molar-refractivity contribution in [2.45, 2.75) is 0 Å². The van der Waals surface area contributed by atoms with E-state index >= 15 is 0 Å². The molecule has 1 aromatic heterocycles. The molecular formula is C10H7O3. The highest BCUT2D eigenvalue weighted by Crippen LogP contribution is 2.10. The van der Waals surface area contributed by atoms with Gasteiger partial charge in [-0.05, 0) is 12.1 Å². The van der Waals surface area contributed by atoms with E-state index in [0.29, 0.717) is 11.0 Å². The van der Waals surface area contributed by atoms with Gasteiger partial charge in [-0.3, -0.25) is 4.79 Å². The molecule has 13 heavy (non-hydrogen) atoms. The molecule has 0 amide bonds. The molecule has 1 aromatic carbocycles. The first-order chi connectivity index (χ1) is 6.33. The molecule has 0 saturated heterocycles. The summed E-state index contributed by atoms with van der Waals surface area (Å²) in [6, 6.07) is 6.90. The van der Waals surface area contributed by atoms with E-state index in [1.807, 2.05) is 0 Å². The van der Waals surface area contributed by atoms with Gasteiger partial charge in [0.25, 0.3) is 0 Å². The first-order valence-electron chi connectivity index (χ1n) is 3.81. The number of hydrogen-bond acceptors (Lipinski definition) is 3. The highest BCUT2D eigenvalue weighted by atomic mass is 16.3. The quantitative estimate of drug-likeness (QED) is 0.717. The summed E-state index contributed by atoms with van der Waals surface area (Å²) in [6.45, 7) is 0.748. The molecule has 0 saturated carbocycles. The lowest BCUT2D eigenvalue weighted by Crippen LogP contribution is -2.06. The van der Waals surface area contributed by atoms with Gasteiger partial charge < -0.3 is 9.52 Å². The molecule has 65 valence electrons. The summed E-state index contributed by atoms with van der Waals surface area (Å²) in [6.07, 6.45) is 1.24. The van der Waals surface area contributed by atoms with E-state index in [0.717, 1.165) is 6.61 Å². The Balaban J connectivity index is 2.87. The van der Waals surface area contributed by atoms with Gasteiger partial charge in [0.15, 0.2) is 5.43 Å². The van der Waals surface area contributed by atoms with Crippen molar-refractivity contribution in [3.63, 3.8) is 0 Å². The lowest BCUT2D eigenvalue weighted by Gasteiger charge is -1.97. The molecule has 0 spiro atoms. The number of benzene rings is 1. The standard InChI is InChI=1S/C10H7O3/c11-5-7-6-13-9-4-2-1-3-8(9)10(7)12/h1-6,11H. The lowest BCUT2D eigenvalue weighted by molar-refractivity contribution is 0.409. The second-order valence-electron chi connectivity index (χ2n) is 2.65. The van der Waals surface area contributed by atoms with E-state index in [4.69, 9.17) is 9.52 Å². The number of aliphatic hydroxyl groups excluding tert-OH is 1. The molecule has 0 fully saturated rings. The fourth-order valence-electron chi connectivity index (χ4n) is 1.18. The molecule has 3 nitrogen and oxygen atoms in total. The van der Waals surface area contributed by atoms with Crippen LogP contribution in [-0.4, -0.2) is 5.11 Å². The van der Waals surface area contributed by atoms with Gasteiger partial charge in [-0.2, -0.15) is 0 Å². The van der Waals surface area contributed by atoms with Crippen LogP contribution in [0.4, 0.5) is 0 Å². The summed E-state index contributed by atoms with van der Waals surface area (Å²) in [4.78, 5) is 11.5. The smallest absolute Gasteiger partial charge is 0.198 e. The molecule has 1 heterocycles. The maximum Gasteiger partial charge on any atom is 0.198 e. The van der Waals surface area contributed by atoms with Crippen molar-refractivity contribution in [2.75, 3.05) is 0 Å². The first kappa shape index (κ1) is 8.01. The van der Waals surface area contributed by atoms with Crippen molar-refractivity contribution in [1.82, 2.24) is 0 Å². The zero-order valence-corrected chi connectivity index (χ0v) is 6.73. The van der Waals surface area contributed by atoms with Gasteiger partial charge in [0.2, 0.25) is 0 Å². The molecule has 0 aliphatic heterocycles. The molecule has 0 aliphatic carbocycles. The highest BCUT2D eigenvalue weighted by Gasteiger charge is 2.04. The van der Waals surface area contributed by atoms with Crippen molar-refractivity contribution in [1.29, 1.82) is 0 Å². The summed E-state index contributed by atoms with van der Waals surface area (Å²) in [5.74, 6) is 0. The molecule has 0 atom stereocenters. The molecule has 2 aromatic rings. The van der Waals surface area contributed by atoms with Crippen LogP contribution in [0.3, 0.4) is 0 Å². The van der Waals surface area contributed by atoms with Crippen molar-refractivity contribution in [3.8, 4) is 0 Å².